The van der Waals surface area contributed by atoms with Crippen LogP contribution in [0.2, 0.25) is 0 Å². The van der Waals surface area contributed by atoms with Gasteiger partial charge in [-0.3, -0.25) is 9.69 Å². The molecule has 22 heavy (non-hydrogen) atoms. The lowest BCUT2D eigenvalue weighted by Crippen LogP contribution is -2.50. The van der Waals surface area contributed by atoms with E-state index in [1.165, 1.54) is 25.7 Å². The van der Waals surface area contributed by atoms with Crippen LogP contribution in [0.25, 0.3) is 0 Å². The Hall–Kier alpha value is -0.650. The summed E-state index contributed by atoms with van der Waals surface area (Å²) in [6, 6.07) is 0.0358. The number of piperidine rings is 1. The van der Waals surface area contributed by atoms with Crippen LogP contribution in [-0.2, 0) is 14.3 Å². The highest BCUT2D eigenvalue weighted by molar-refractivity contribution is 5.81. The average molecular weight is 310 g/mol. The first-order valence-electron chi connectivity index (χ1n) is 9.02. The molecule has 1 unspecified atom stereocenters. The molecular weight excluding hydrogens is 280 g/mol. The Kier molecular flexibility index (Phi) is 5.71. The number of hydrogen-bond donors (Lipinski definition) is 0. The third kappa shape index (κ3) is 3.81. The fourth-order valence-corrected chi connectivity index (χ4v) is 3.94. The molecule has 0 aromatic rings. The highest BCUT2D eigenvalue weighted by Crippen LogP contribution is 2.26. The standard InChI is InChI=1S/C17H30N2O3/c1-14(18-8-4-2-3-5-9-18)16(20)19-10-6-15(7-11-19)17-21-12-13-22-17/h14-15,17H,2-13H2,1H3. The number of hydrogen-bond acceptors (Lipinski definition) is 4. The first-order chi connectivity index (χ1) is 10.8. The van der Waals surface area contributed by atoms with Crippen molar-refractivity contribution in [1.29, 1.82) is 0 Å². The van der Waals surface area contributed by atoms with Crippen molar-refractivity contribution >= 4 is 5.91 Å². The van der Waals surface area contributed by atoms with Crippen molar-refractivity contribution in [2.75, 3.05) is 39.4 Å². The summed E-state index contributed by atoms with van der Waals surface area (Å²) in [5.41, 5.74) is 0. The molecular formula is C17H30N2O3. The Morgan fingerprint density at radius 2 is 1.55 bits per heavy atom. The number of likely N-dealkylation sites (tertiary alicyclic amines) is 2. The van der Waals surface area contributed by atoms with Gasteiger partial charge in [0, 0.05) is 19.0 Å². The molecule has 1 atom stereocenters. The van der Waals surface area contributed by atoms with Gasteiger partial charge >= 0.3 is 0 Å². The summed E-state index contributed by atoms with van der Waals surface area (Å²) in [5.74, 6) is 0.772. The van der Waals surface area contributed by atoms with E-state index in [-0.39, 0.29) is 12.3 Å². The maximum absolute atomic E-state index is 12.8. The van der Waals surface area contributed by atoms with Gasteiger partial charge in [0.15, 0.2) is 6.29 Å². The number of amides is 1. The maximum atomic E-state index is 12.8. The predicted molar refractivity (Wildman–Crippen MR) is 84.5 cm³/mol. The molecule has 0 saturated carbocycles. The minimum absolute atomic E-state index is 0.0275. The van der Waals surface area contributed by atoms with E-state index in [1.54, 1.807) is 0 Å². The summed E-state index contributed by atoms with van der Waals surface area (Å²) < 4.78 is 11.2. The monoisotopic (exact) mass is 310 g/mol. The minimum atomic E-state index is -0.0275. The number of ether oxygens (including phenoxy) is 2. The predicted octanol–water partition coefficient (Wildman–Crippen LogP) is 1.86. The minimum Gasteiger partial charge on any atom is -0.350 e. The summed E-state index contributed by atoms with van der Waals surface area (Å²) in [6.07, 6.45) is 7.06. The van der Waals surface area contributed by atoms with Crippen molar-refractivity contribution in [3.05, 3.63) is 0 Å². The van der Waals surface area contributed by atoms with Gasteiger partial charge in [-0.2, -0.15) is 0 Å². The van der Waals surface area contributed by atoms with Crippen molar-refractivity contribution in [3.8, 4) is 0 Å². The molecule has 3 fully saturated rings. The normalized spacial score (nSPS) is 27.8. The molecule has 0 spiro atoms. The second kappa shape index (κ2) is 7.75. The molecule has 0 radical (unpaired) electrons. The number of rotatable bonds is 3. The average Bonchev–Trinajstić information content (AvgIpc) is 2.96. The zero-order valence-corrected chi connectivity index (χ0v) is 13.8. The lowest BCUT2D eigenvalue weighted by atomic mass is 9.95. The van der Waals surface area contributed by atoms with E-state index in [9.17, 15) is 4.79 Å². The van der Waals surface area contributed by atoms with Crippen LogP contribution in [0.3, 0.4) is 0 Å². The molecule has 5 nitrogen and oxygen atoms in total. The second-order valence-corrected chi connectivity index (χ2v) is 6.90. The highest BCUT2D eigenvalue weighted by atomic mass is 16.7. The van der Waals surface area contributed by atoms with Crippen molar-refractivity contribution < 1.29 is 14.3 Å². The lowest BCUT2D eigenvalue weighted by molar-refractivity contribution is -0.141. The van der Waals surface area contributed by atoms with Crippen LogP contribution in [0.5, 0.6) is 0 Å². The molecule has 0 aromatic heterocycles. The zero-order chi connectivity index (χ0) is 15.4. The lowest BCUT2D eigenvalue weighted by Gasteiger charge is -2.37. The first kappa shape index (κ1) is 16.2. The molecule has 3 saturated heterocycles. The number of carbonyl (C=O) groups excluding carboxylic acids is 1. The van der Waals surface area contributed by atoms with E-state index < -0.39 is 0 Å². The van der Waals surface area contributed by atoms with Crippen molar-refractivity contribution in [3.63, 3.8) is 0 Å². The van der Waals surface area contributed by atoms with E-state index in [4.69, 9.17) is 9.47 Å². The molecule has 0 aliphatic carbocycles. The maximum Gasteiger partial charge on any atom is 0.239 e. The zero-order valence-electron chi connectivity index (χ0n) is 13.8. The fourth-order valence-electron chi connectivity index (χ4n) is 3.94. The van der Waals surface area contributed by atoms with Gasteiger partial charge in [-0.15, -0.1) is 0 Å². The van der Waals surface area contributed by atoms with Crippen LogP contribution < -0.4 is 0 Å². The fraction of sp³-hybridized carbons (Fsp3) is 0.941. The van der Waals surface area contributed by atoms with Crippen LogP contribution in [0.15, 0.2) is 0 Å². The molecule has 126 valence electrons. The number of carbonyl (C=O) groups is 1. The van der Waals surface area contributed by atoms with Gasteiger partial charge in [-0.25, -0.2) is 0 Å². The summed E-state index contributed by atoms with van der Waals surface area (Å²) in [6.45, 7) is 7.38. The molecule has 0 N–H and O–H groups in total. The Balaban J connectivity index is 1.48. The summed E-state index contributed by atoms with van der Waals surface area (Å²) >= 11 is 0. The van der Waals surface area contributed by atoms with Gasteiger partial charge in [0.25, 0.3) is 0 Å². The molecule has 3 rings (SSSR count). The molecule has 3 heterocycles. The molecule has 1 amide bonds. The molecule has 5 heteroatoms. The van der Waals surface area contributed by atoms with Gasteiger partial charge in [-0.05, 0) is 45.7 Å². The van der Waals surface area contributed by atoms with Crippen LogP contribution in [0.4, 0.5) is 0 Å². The van der Waals surface area contributed by atoms with E-state index in [2.05, 4.69) is 16.7 Å². The SMILES string of the molecule is CC(C(=O)N1CCC(C2OCCO2)CC1)N1CCCCCC1. The van der Waals surface area contributed by atoms with Crippen molar-refractivity contribution in [2.24, 2.45) is 5.92 Å². The van der Waals surface area contributed by atoms with Gasteiger partial charge in [0.1, 0.15) is 0 Å². The van der Waals surface area contributed by atoms with Crippen LogP contribution >= 0.6 is 0 Å². The summed E-state index contributed by atoms with van der Waals surface area (Å²) in [7, 11) is 0. The van der Waals surface area contributed by atoms with E-state index in [0.717, 1.165) is 52.2 Å². The topological polar surface area (TPSA) is 42.0 Å². The van der Waals surface area contributed by atoms with Crippen molar-refractivity contribution in [2.45, 2.75) is 57.8 Å². The Morgan fingerprint density at radius 1 is 0.955 bits per heavy atom. The third-order valence-electron chi connectivity index (χ3n) is 5.43. The molecule has 0 aromatic carbocycles. The van der Waals surface area contributed by atoms with Crippen LogP contribution in [0.1, 0.15) is 45.4 Å². The van der Waals surface area contributed by atoms with Gasteiger partial charge in [0.05, 0.1) is 19.3 Å². The summed E-state index contributed by atoms with van der Waals surface area (Å²) in [5, 5.41) is 0. The first-order valence-corrected chi connectivity index (χ1v) is 9.02. The van der Waals surface area contributed by atoms with Crippen LogP contribution in [0, 0.1) is 5.92 Å². The van der Waals surface area contributed by atoms with E-state index in [0.29, 0.717) is 11.8 Å². The summed E-state index contributed by atoms with van der Waals surface area (Å²) in [4.78, 5) is 17.2. The van der Waals surface area contributed by atoms with Gasteiger partial charge in [-0.1, -0.05) is 12.8 Å². The van der Waals surface area contributed by atoms with Gasteiger partial charge < -0.3 is 14.4 Å². The third-order valence-corrected chi connectivity index (χ3v) is 5.43. The largest absolute Gasteiger partial charge is 0.350 e. The van der Waals surface area contributed by atoms with Gasteiger partial charge in [0.2, 0.25) is 5.91 Å². The van der Waals surface area contributed by atoms with E-state index in [1.807, 2.05) is 0 Å². The highest BCUT2D eigenvalue weighted by Gasteiger charge is 2.34. The Labute approximate surface area is 133 Å². The Morgan fingerprint density at radius 3 is 2.14 bits per heavy atom. The number of nitrogens with zero attached hydrogens (tertiary/aromatic N) is 2. The van der Waals surface area contributed by atoms with Crippen LogP contribution in [-0.4, -0.2) is 67.4 Å². The quantitative estimate of drug-likeness (QED) is 0.798. The molecule has 3 aliphatic heterocycles. The smallest absolute Gasteiger partial charge is 0.239 e. The van der Waals surface area contributed by atoms with Crippen molar-refractivity contribution in [1.82, 2.24) is 9.80 Å². The van der Waals surface area contributed by atoms with E-state index >= 15 is 0 Å². The molecule has 3 aliphatic rings. The molecule has 0 bridgehead atoms. The Bertz CT molecular complexity index is 355. The second-order valence-electron chi connectivity index (χ2n) is 6.90.